The van der Waals surface area contributed by atoms with Gasteiger partial charge in [-0.1, -0.05) is 0 Å². The first kappa shape index (κ1) is 19.2. The lowest BCUT2D eigenvalue weighted by atomic mass is 9.81. The highest BCUT2D eigenvalue weighted by Crippen LogP contribution is 2.27. The maximum Gasteiger partial charge on any atom is 0.240 e. The molecule has 0 spiro atoms. The Balaban J connectivity index is 0.00000361. The highest BCUT2D eigenvalue weighted by molar-refractivity contribution is 5.88. The van der Waals surface area contributed by atoms with E-state index in [1.165, 1.54) is 4.90 Å². The molecule has 20 heavy (non-hydrogen) atoms. The van der Waals surface area contributed by atoms with E-state index in [2.05, 4.69) is 10.6 Å². The normalized spacial score (nSPS) is 22.6. The van der Waals surface area contributed by atoms with Crippen LogP contribution in [0.3, 0.4) is 0 Å². The molecule has 0 aromatic carbocycles. The van der Waals surface area contributed by atoms with Gasteiger partial charge in [0.15, 0.2) is 0 Å². The third kappa shape index (κ3) is 5.67. The number of carbonyl (C=O) groups excluding carboxylic acids is 2. The number of nitrogens with zero attached hydrogens (tertiary/aromatic N) is 1. The van der Waals surface area contributed by atoms with Gasteiger partial charge in [0.05, 0.1) is 12.0 Å². The molecule has 1 fully saturated rings. The number of rotatable bonds is 3. The Hall–Kier alpha value is -0.810. The van der Waals surface area contributed by atoms with E-state index in [9.17, 15) is 9.59 Å². The zero-order valence-corrected chi connectivity index (χ0v) is 14.0. The number of nitrogens with one attached hydrogen (secondary N) is 2. The number of likely N-dealkylation sites (N-methyl/N-ethyl adjacent to an activating group) is 1. The summed E-state index contributed by atoms with van der Waals surface area (Å²) in [5.41, 5.74) is -0.647. The molecule has 1 aliphatic rings. The number of hydrogen-bond acceptors (Lipinski definition) is 3. The van der Waals surface area contributed by atoms with E-state index in [0.717, 1.165) is 19.4 Å². The molecule has 0 aromatic rings. The Morgan fingerprint density at radius 3 is 2.40 bits per heavy atom. The number of hydrogen-bond donors (Lipinski definition) is 2. The highest BCUT2D eigenvalue weighted by Gasteiger charge is 2.37. The standard InChI is InChI=1S/C14H27N3O2.ClH/c1-13(2,3)16-11(18)9-17(5)12(19)14(4)7-6-8-15-10-14;/h15H,6-10H2,1-5H3,(H,16,18);1H. The Labute approximate surface area is 128 Å². The van der Waals surface area contributed by atoms with E-state index in [-0.39, 0.29) is 41.7 Å². The minimum absolute atomic E-state index is 0. The summed E-state index contributed by atoms with van der Waals surface area (Å²) in [5, 5.41) is 6.13. The van der Waals surface area contributed by atoms with Gasteiger partial charge < -0.3 is 15.5 Å². The molecule has 1 unspecified atom stereocenters. The van der Waals surface area contributed by atoms with E-state index >= 15 is 0 Å². The van der Waals surface area contributed by atoms with Crippen molar-refractivity contribution in [2.24, 2.45) is 5.41 Å². The predicted octanol–water partition coefficient (Wildman–Crippen LogP) is 1.17. The van der Waals surface area contributed by atoms with Crippen LogP contribution in [-0.2, 0) is 9.59 Å². The van der Waals surface area contributed by atoms with Gasteiger partial charge in [0.1, 0.15) is 0 Å². The topological polar surface area (TPSA) is 61.4 Å². The molecule has 6 heteroatoms. The fourth-order valence-corrected chi connectivity index (χ4v) is 2.44. The van der Waals surface area contributed by atoms with Gasteiger partial charge in [0.25, 0.3) is 0 Å². The summed E-state index contributed by atoms with van der Waals surface area (Å²) in [5.74, 6) is -0.0699. The van der Waals surface area contributed by atoms with Gasteiger partial charge in [-0.05, 0) is 47.1 Å². The van der Waals surface area contributed by atoms with Crippen LogP contribution in [0.25, 0.3) is 0 Å². The molecule has 0 bridgehead atoms. The van der Waals surface area contributed by atoms with E-state index in [1.54, 1.807) is 7.05 Å². The molecule has 1 aliphatic heterocycles. The van der Waals surface area contributed by atoms with Crippen LogP contribution in [-0.4, -0.2) is 48.9 Å². The van der Waals surface area contributed by atoms with Crippen LogP contribution in [0.2, 0.25) is 0 Å². The molecule has 1 rings (SSSR count). The van der Waals surface area contributed by atoms with Crippen LogP contribution < -0.4 is 10.6 Å². The third-order valence-electron chi connectivity index (χ3n) is 3.36. The Kier molecular flexibility index (Phi) is 6.98. The van der Waals surface area contributed by atoms with Crippen LogP contribution in [0.15, 0.2) is 0 Å². The zero-order chi connectivity index (χ0) is 14.7. The summed E-state index contributed by atoms with van der Waals surface area (Å²) in [6, 6.07) is 0. The maximum absolute atomic E-state index is 12.4. The Morgan fingerprint density at radius 2 is 1.95 bits per heavy atom. The molecule has 2 N–H and O–H groups in total. The summed E-state index contributed by atoms with van der Waals surface area (Å²) in [6.45, 7) is 9.54. The molecule has 118 valence electrons. The van der Waals surface area contributed by atoms with Crippen molar-refractivity contribution >= 4 is 24.2 Å². The van der Waals surface area contributed by atoms with Gasteiger partial charge in [-0.25, -0.2) is 0 Å². The zero-order valence-electron chi connectivity index (χ0n) is 13.2. The monoisotopic (exact) mass is 305 g/mol. The summed E-state index contributed by atoms with van der Waals surface area (Å²) in [4.78, 5) is 25.8. The van der Waals surface area contributed by atoms with Crippen LogP contribution >= 0.6 is 12.4 Å². The molecular formula is C14H28ClN3O2. The van der Waals surface area contributed by atoms with Crippen molar-refractivity contribution in [3.63, 3.8) is 0 Å². The van der Waals surface area contributed by atoms with Crippen molar-refractivity contribution < 1.29 is 9.59 Å². The van der Waals surface area contributed by atoms with Crippen molar-refractivity contribution in [1.82, 2.24) is 15.5 Å². The van der Waals surface area contributed by atoms with Gasteiger partial charge in [0, 0.05) is 19.1 Å². The van der Waals surface area contributed by atoms with E-state index in [0.29, 0.717) is 6.54 Å². The first-order chi connectivity index (χ1) is 8.64. The Morgan fingerprint density at radius 1 is 1.35 bits per heavy atom. The highest BCUT2D eigenvalue weighted by atomic mass is 35.5. The van der Waals surface area contributed by atoms with Crippen LogP contribution in [0.1, 0.15) is 40.5 Å². The van der Waals surface area contributed by atoms with Gasteiger partial charge in [-0.15, -0.1) is 12.4 Å². The molecule has 1 heterocycles. The second-order valence-electron chi connectivity index (χ2n) is 6.80. The SMILES string of the molecule is CN(CC(=O)NC(C)(C)C)C(=O)C1(C)CCCNC1.Cl. The molecule has 0 aliphatic carbocycles. The third-order valence-corrected chi connectivity index (χ3v) is 3.36. The fraction of sp³-hybridized carbons (Fsp3) is 0.857. The summed E-state index contributed by atoms with van der Waals surface area (Å²) in [6.07, 6.45) is 1.88. The van der Waals surface area contributed by atoms with Crippen molar-refractivity contribution in [2.75, 3.05) is 26.7 Å². The molecule has 1 saturated heterocycles. The first-order valence-electron chi connectivity index (χ1n) is 6.91. The largest absolute Gasteiger partial charge is 0.350 e. The molecule has 0 aromatic heterocycles. The van der Waals surface area contributed by atoms with Crippen LogP contribution in [0.5, 0.6) is 0 Å². The molecule has 0 radical (unpaired) electrons. The molecule has 1 atom stereocenters. The summed E-state index contributed by atoms with van der Waals surface area (Å²) >= 11 is 0. The molecule has 5 nitrogen and oxygen atoms in total. The lowest BCUT2D eigenvalue weighted by molar-refractivity contribution is -0.143. The summed E-state index contributed by atoms with van der Waals surface area (Å²) in [7, 11) is 1.70. The smallest absolute Gasteiger partial charge is 0.240 e. The average Bonchev–Trinajstić information content (AvgIpc) is 2.26. The van der Waals surface area contributed by atoms with Crippen molar-refractivity contribution in [2.45, 2.75) is 46.1 Å². The van der Waals surface area contributed by atoms with Crippen molar-refractivity contribution in [3.8, 4) is 0 Å². The van der Waals surface area contributed by atoms with E-state index < -0.39 is 0 Å². The number of piperidine rings is 1. The quantitative estimate of drug-likeness (QED) is 0.823. The summed E-state index contributed by atoms with van der Waals surface area (Å²) < 4.78 is 0. The first-order valence-corrected chi connectivity index (χ1v) is 6.91. The van der Waals surface area contributed by atoms with Gasteiger partial charge in [-0.3, -0.25) is 9.59 Å². The minimum atomic E-state index is -0.380. The second kappa shape index (κ2) is 7.27. The van der Waals surface area contributed by atoms with Gasteiger partial charge >= 0.3 is 0 Å². The van der Waals surface area contributed by atoms with Crippen LogP contribution in [0.4, 0.5) is 0 Å². The van der Waals surface area contributed by atoms with Gasteiger partial charge in [0.2, 0.25) is 11.8 Å². The Bertz CT molecular complexity index is 347. The second-order valence-corrected chi connectivity index (χ2v) is 6.80. The van der Waals surface area contributed by atoms with E-state index in [4.69, 9.17) is 0 Å². The van der Waals surface area contributed by atoms with Crippen LogP contribution in [0, 0.1) is 5.41 Å². The lowest BCUT2D eigenvalue weighted by Gasteiger charge is -2.36. The number of carbonyl (C=O) groups is 2. The minimum Gasteiger partial charge on any atom is -0.350 e. The molecule has 2 amide bonds. The number of amides is 2. The van der Waals surface area contributed by atoms with Crippen molar-refractivity contribution in [1.29, 1.82) is 0 Å². The number of halogens is 1. The molecular weight excluding hydrogens is 278 g/mol. The fourth-order valence-electron chi connectivity index (χ4n) is 2.44. The van der Waals surface area contributed by atoms with Crippen molar-refractivity contribution in [3.05, 3.63) is 0 Å². The predicted molar refractivity (Wildman–Crippen MR) is 83.0 cm³/mol. The average molecular weight is 306 g/mol. The van der Waals surface area contributed by atoms with Gasteiger partial charge in [-0.2, -0.15) is 0 Å². The molecule has 0 saturated carbocycles. The maximum atomic E-state index is 12.4. The lowest BCUT2D eigenvalue weighted by Crippen LogP contribution is -2.52. The van der Waals surface area contributed by atoms with E-state index in [1.807, 2.05) is 27.7 Å².